The Morgan fingerprint density at radius 3 is 1.41 bits per heavy atom. The van der Waals surface area contributed by atoms with Crippen LogP contribution in [0, 0.1) is 0 Å². The van der Waals surface area contributed by atoms with Crippen LogP contribution in [0.25, 0.3) is 60.9 Å². The lowest BCUT2D eigenvalue weighted by molar-refractivity contribution is 1.09. The lowest BCUT2D eigenvalue weighted by atomic mass is 9.92. The topological polar surface area (TPSA) is 8.17 Å². The minimum absolute atomic E-state index is 0.915. The largest absolute Gasteiger partial charge is 0.310 e. The van der Waals surface area contributed by atoms with Gasteiger partial charge in [0, 0.05) is 39.9 Å². The van der Waals surface area contributed by atoms with E-state index in [0.717, 1.165) is 12.1 Å². The summed E-state index contributed by atoms with van der Waals surface area (Å²) in [6, 6.07) is 70.6. The molecule has 51 heavy (non-hydrogen) atoms. The number of para-hydroxylation sites is 2. The quantitative estimate of drug-likeness (QED) is 0.180. The first-order chi connectivity index (χ1) is 25.3. The molecule has 9 aromatic rings. The van der Waals surface area contributed by atoms with Crippen molar-refractivity contribution >= 4 is 38.9 Å². The van der Waals surface area contributed by atoms with Crippen molar-refractivity contribution in [1.82, 2.24) is 4.57 Å². The molecule has 1 aliphatic rings. The minimum atomic E-state index is 0.915. The zero-order valence-electron chi connectivity index (χ0n) is 28.1. The van der Waals surface area contributed by atoms with Crippen LogP contribution in [0.15, 0.2) is 194 Å². The van der Waals surface area contributed by atoms with Crippen molar-refractivity contribution in [2.45, 2.75) is 6.42 Å². The molecule has 2 heteroatoms. The van der Waals surface area contributed by atoms with E-state index in [1.54, 1.807) is 0 Å². The first kappa shape index (κ1) is 29.3. The molecule has 2 nitrogen and oxygen atoms in total. The molecule has 8 aromatic carbocycles. The fourth-order valence-corrected chi connectivity index (χ4v) is 7.92. The van der Waals surface area contributed by atoms with Crippen molar-refractivity contribution in [3.63, 3.8) is 0 Å². The van der Waals surface area contributed by atoms with E-state index >= 15 is 0 Å². The first-order valence-electron chi connectivity index (χ1n) is 17.6. The predicted octanol–water partition coefficient (Wildman–Crippen LogP) is 13.2. The standard InChI is InChI=1S/C49H34N2/c1-4-12-34(13-5-1)38-23-28-48-44(32-38)45-33-39(35-14-6-2-7-15-35)24-29-49(45)51(48)43-25-20-36(21-26-43)37-22-27-47-41(30-37)31-40-16-10-11-19-46(40)50(47)42-17-8-3-9-18-42/h1-30,32-33H,31H2. The Balaban J connectivity index is 1.07. The number of rotatable bonds is 5. The molecule has 0 amide bonds. The van der Waals surface area contributed by atoms with E-state index in [1.165, 1.54) is 83.4 Å². The van der Waals surface area contributed by atoms with Crippen molar-refractivity contribution in [1.29, 1.82) is 0 Å². The van der Waals surface area contributed by atoms with Gasteiger partial charge in [-0.2, -0.15) is 0 Å². The van der Waals surface area contributed by atoms with Gasteiger partial charge in [0.05, 0.1) is 11.0 Å². The van der Waals surface area contributed by atoms with Crippen molar-refractivity contribution in [2.75, 3.05) is 4.90 Å². The molecule has 0 N–H and O–H groups in total. The second-order valence-electron chi connectivity index (χ2n) is 13.4. The Hall–Kier alpha value is -6.64. The highest BCUT2D eigenvalue weighted by molar-refractivity contribution is 6.11. The number of hydrogen-bond donors (Lipinski definition) is 0. The highest BCUT2D eigenvalue weighted by atomic mass is 15.2. The van der Waals surface area contributed by atoms with Gasteiger partial charge in [0.25, 0.3) is 0 Å². The molecule has 0 fully saturated rings. The zero-order valence-corrected chi connectivity index (χ0v) is 28.1. The second-order valence-corrected chi connectivity index (χ2v) is 13.4. The van der Waals surface area contributed by atoms with Crippen molar-refractivity contribution < 1.29 is 0 Å². The Morgan fingerprint density at radius 1 is 0.314 bits per heavy atom. The third-order valence-corrected chi connectivity index (χ3v) is 10.4. The molecule has 0 radical (unpaired) electrons. The van der Waals surface area contributed by atoms with Crippen LogP contribution in [-0.2, 0) is 6.42 Å². The van der Waals surface area contributed by atoms with Gasteiger partial charge in [-0.15, -0.1) is 0 Å². The fourth-order valence-electron chi connectivity index (χ4n) is 7.92. The predicted molar refractivity (Wildman–Crippen MR) is 215 cm³/mol. The average molecular weight is 651 g/mol. The van der Waals surface area contributed by atoms with Gasteiger partial charge in [0.2, 0.25) is 0 Å². The maximum Gasteiger partial charge on any atom is 0.0541 e. The van der Waals surface area contributed by atoms with Gasteiger partial charge in [-0.1, -0.05) is 127 Å². The Morgan fingerprint density at radius 2 is 0.784 bits per heavy atom. The fraction of sp³-hybridized carbons (Fsp3) is 0.0204. The van der Waals surface area contributed by atoms with Gasteiger partial charge in [0.1, 0.15) is 0 Å². The lowest BCUT2D eigenvalue weighted by Crippen LogP contribution is -2.18. The van der Waals surface area contributed by atoms with Crippen LogP contribution in [-0.4, -0.2) is 4.57 Å². The molecule has 1 aromatic heterocycles. The van der Waals surface area contributed by atoms with E-state index in [0.29, 0.717) is 0 Å². The van der Waals surface area contributed by atoms with Crippen LogP contribution in [0.1, 0.15) is 11.1 Å². The van der Waals surface area contributed by atoms with Crippen LogP contribution < -0.4 is 4.90 Å². The minimum Gasteiger partial charge on any atom is -0.310 e. The molecule has 0 atom stereocenters. The molecule has 0 spiro atoms. The Labute approximate surface area is 298 Å². The summed E-state index contributed by atoms with van der Waals surface area (Å²) in [6.07, 6.45) is 0.915. The molecule has 0 saturated carbocycles. The summed E-state index contributed by atoms with van der Waals surface area (Å²) in [5.74, 6) is 0. The molecule has 10 rings (SSSR count). The normalized spacial score (nSPS) is 12.2. The molecule has 1 aliphatic heterocycles. The molecule has 240 valence electrons. The first-order valence-corrected chi connectivity index (χ1v) is 17.6. The third-order valence-electron chi connectivity index (χ3n) is 10.4. The molecular formula is C49H34N2. The van der Waals surface area contributed by atoms with Crippen LogP contribution in [0.4, 0.5) is 17.1 Å². The average Bonchev–Trinajstić information content (AvgIpc) is 3.53. The molecule has 0 aliphatic carbocycles. The van der Waals surface area contributed by atoms with Crippen LogP contribution in [0.3, 0.4) is 0 Å². The Kier molecular flexibility index (Phi) is 6.92. The molecule has 2 heterocycles. The van der Waals surface area contributed by atoms with Crippen LogP contribution >= 0.6 is 0 Å². The van der Waals surface area contributed by atoms with Crippen LogP contribution in [0.2, 0.25) is 0 Å². The van der Waals surface area contributed by atoms with E-state index < -0.39 is 0 Å². The van der Waals surface area contributed by atoms with Gasteiger partial charge >= 0.3 is 0 Å². The monoisotopic (exact) mass is 650 g/mol. The number of hydrogen-bond acceptors (Lipinski definition) is 1. The molecule has 0 bridgehead atoms. The molecule has 0 unspecified atom stereocenters. The smallest absolute Gasteiger partial charge is 0.0541 e. The third kappa shape index (κ3) is 5.04. The van der Waals surface area contributed by atoms with Crippen molar-refractivity contribution in [2.24, 2.45) is 0 Å². The number of fused-ring (bicyclic) bond motifs is 5. The number of anilines is 3. The lowest BCUT2D eigenvalue weighted by Gasteiger charge is -2.33. The second kappa shape index (κ2) is 12.0. The number of aromatic nitrogens is 1. The molecule has 0 saturated heterocycles. The summed E-state index contributed by atoms with van der Waals surface area (Å²) in [4.78, 5) is 2.40. The van der Waals surface area contributed by atoms with E-state index in [-0.39, 0.29) is 0 Å². The summed E-state index contributed by atoms with van der Waals surface area (Å²) in [7, 11) is 0. The van der Waals surface area contributed by atoms with E-state index in [9.17, 15) is 0 Å². The Bertz CT molecular complexity index is 2590. The van der Waals surface area contributed by atoms with Gasteiger partial charge in [-0.3, -0.25) is 0 Å². The van der Waals surface area contributed by atoms with Gasteiger partial charge in [-0.05, 0) is 111 Å². The SMILES string of the molecule is c1ccc(-c2ccc3c(c2)c2cc(-c4ccccc4)ccc2n3-c2ccc(-c3ccc4c(c3)Cc3ccccc3N4c3ccccc3)cc2)cc1. The summed E-state index contributed by atoms with van der Waals surface area (Å²) in [5, 5.41) is 2.51. The maximum absolute atomic E-state index is 2.42. The van der Waals surface area contributed by atoms with E-state index in [1.807, 2.05) is 0 Å². The van der Waals surface area contributed by atoms with E-state index in [2.05, 4.69) is 204 Å². The molecular weight excluding hydrogens is 617 g/mol. The highest BCUT2D eigenvalue weighted by Crippen LogP contribution is 2.45. The van der Waals surface area contributed by atoms with Gasteiger partial charge in [0.15, 0.2) is 0 Å². The summed E-state index contributed by atoms with van der Waals surface area (Å²) in [5.41, 5.74) is 17.3. The van der Waals surface area contributed by atoms with Crippen molar-refractivity contribution in [3.8, 4) is 39.1 Å². The van der Waals surface area contributed by atoms with Crippen molar-refractivity contribution in [3.05, 3.63) is 205 Å². The number of benzene rings is 8. The highest BCUT2D eigenvalue weighted by Gasteiger charge is 2.24. The summed E-state index contributed by atoms with van der Waals surface area (Å²) in [6.45, 7) is 0. The number of nitrogens with zero attached hydrogens (tertiary/aromatic N) is 2. The zero-order chi connectivity index (χ0) is 33.7. The van der Waals surface area contributed by atoms with Gasteiger partial charge < -0.3 is 9.47 Å². The van der Waals surface area contributed by atoms with E-state index in [4.69, 9.17) is 0 Å². The van der Waals surface area contributed by atoms with Gasteiger partial charge in [-0.25, -0.2) is 0 Å². The maximum atomic E-state index is 2.42. The summed E-state index contributed by atoms with van der Waals surface area (Å²) >= 11 is 0. The summed E-state index contributed by atoms with van der Waals surface area (Å²) < 4.78 is 2.42. The van der Waals surface area contributed by atoms with Crippen LogP contribution in [0.5, 0.6) is 0 Å².